The number of hydrogen-bond donors (Lipinski definition) is 4. The number of nitrogens with zero attached hydrogens (tertiary/aromatic N) is 2. The number of nitrogen functional groups attached to an aromatic ring is 1. The van der Waals surface area contributed by atoms with Gasteiger partial charge in [0.2, 0.25) is 0 Å². The second kappa shape index (κ2) is 3.21. The summed E-state index contributed by atoms with van der Waals surface area (Å²) >= 11 is 0. The van der Waals surface area contributed by atoms with Crippen LogP contribution in [-0.4, -0.2) is 31.0 Å². The van der Waals surface area contributed by atoms with Crippen molar-refractivity contribution in [2.75, 3.05) is 42.9 Å². The van der Waals surface area contributed by atoms with Gasteiger partial charge in [-0.1, -0.05) is 0 Å². The van der Waals surface area contributed by atoms with Crippen LogP contribution in [0.5, 0.6) is 0 Å². The van der Waals surface area contributed by atoms with Gasteiger partial charge in [-0.25, -0.2) is 0 Å². The molecule has 5 N–H and O–H groups in total. The molecule has 0 spiro atoms. The van der Waals surface area contributed by atoms with Gasteiger partial charge in [0.25, 0.3) is 0 Å². The predicted molar refractivity (Wildman–Crippen MR) is 51.0 cm³/mol. The van der Waals surface area contributed by atoms with Crippen LogP contribution in [0.4, 0.5) is 17.3 Å². The van der Waals surface area contributed by atoms with Crippen molar-refractivity contribution in [3.8, 4) is 0 Å². The summed E-state index contributed by atoms with van der Waals surface area (Å²) in [5.41, 5.74) is 9.22. The van der Waals surface area contributed by atoms with Gasteiger partial charge in [0, 0.05) is 21.1 Å². The minimum atomic E-state index is 0.606. The normalized spacial score (nSPS) is 9.58. The van der Waals surface area contributed by atoms with E-state index in [2.05, 4.69) is 21.2 Å². The third-order valence-electron chi connectivity index (χ3n) is 1.61. The first-order valence-corrected chi connectivity index (χ1v) is 3.66. The van der Waals surface area contributed by atoms with Gasteiger partial charge in [-0.2, -0.15) is 4.79 Å². The topological polar surface area (TPSA) is 79.9 Å². The van der Waals surface area contributed by atoms with Crippen molar-refractivity contribution >= 4 is 17.3 Å². The second-order valence-corrected chi connectivity index (χ2v) is 2.25. The van der Waals surface area contributed by atoms with Gasteiger partial charge >= 0.3 is 0 Å². The van der Waals surface area contributed by atoms with E-state index >= 15 is 0 Å². The first-order valence-electron chi connectivity index (χ1n) is 3.66. The summed E-state index contributed by atoms with van der Waals surface area (Å²) in [7, 11) is 5.34. The molecule has 0 bridgehead atoms. The summed E-state index contributed by atoms with van der Waals surface area (Å²) in [6.45, 7) is 0. The first-order chi connectivity index (χ1) is 5.74. The lowest BCUT2D eigenvalue weighted by Crippen LogP contribution is -2.13. The van der Waals surface area contributed by atoms with E-state index in [1.54, 1.807) is 25.9 Å². The summed E-state index contributed by atoms with van der Waals surface area (Å²) < 4.78 is 0. The lowest BCUT2D eigenvalue weighted by molar-refractivity contribution is 0.791. The molecular formula is C6H14N6. The Balaban J connectivity index is 3.13. The monoisotopic (exact) mass is 170 g/mol. The zero-order chi connectivity index (χ0) is 9.14. The Hall–Kier alpha value is -1.59. The molecule has 12 heavy (non-hydrogen) atoms. The number of hydrogen-bond acceptors (Lipinski definition) is 5. The van der Waals surface area contributed by atoms with Crippen molar-refractivity contribution in [2.24, 2.45) is 0 Å². The van der Waals surface area contributed by atoms with E-state index in [9.17, 15) is 0 Å². The molecule has 0 atom stereocenters. The molecule has 6 nitrogen and oxygen atoms in total. The van der Waals surface area contributed by atoms with E-state index in [1.165, 1.54) is 0 Å². The average Bonchev–Trinajstić information content (AvgIpc) is 2.41. The fourth-order valence-electron chi connectivity index (χ4n) is 1.02. The molecule has 0 amide bonds. The lowest BCUT2D eigenvalue weighted by Gasteiger charge is -2.03. The highest BCUT2D eigenvalue weighted by molar-refractivity contribution is 5.75. The first kappa shape index (κ1) is 8.51. The Kier molecular flexibility index (Phi) is 2.27. The molecule has 1 rings (SSSR count). The summed E-state index contributed by atoms with van der Waals surface area (Å²) in [5, 5.41) is 9.95. The number of nitrogens with one attached hydrogen (secondary N) is 3. The molecule has 1 aromatic heterocycles. The van der Waals surface area contributed by atoms with E-state index in [4.69, 9.17) is 5.73 Å². The zero-order valence-electron chi connectivity index (χ0n) is 7.47. The highest BCUT2D eigenvalue weighted by Gasteiger charge is 2.11. The van der Waals surface area contributed by atoms with Gasteiger partial charge < -0.3 is 21.8 Å². The Morgan fingerprint density at radius 2 is 1.92 bits per heavy atom. The van der Waals surface area contributed by atoms with Crippen LogP contribution in [0.15, 0.2) is 0 Å². The molecule has 0 saturated heterocycles. The molecule has 0 aromatic carbocycles. The van der Waals surface area contributed by atoms with Crippen LogP contribution in [0.1, 0.15) is 0 Å². The van der Waals surface area contributed by atoms with Crippen molar-refractivity contribution in [3.63, 3.8) is 0 Å². The van der Waals surface area contributed by atoms with Crippen LogP contribution in [-0.2, 0) is 0 Å². The van der Waals surface area contributed by atoms with E-state index < -0.39 is 0 Å². The van der Waals surface area contributed by atoms with Gasteiger partial charge in [0.05, 0.1) is 0 Å². The smallest absolute Gasteiger partial charge is 0.175 e. The molecule has 0 radical (unpaired) electrons. The number of anilines is 3. The molecule has 0 fully saturated rings. The number of nitrogens with two attached hydrogens (primary N) is 1. The predicted octanol–water partition coefficient (Wildman–Crippen LogP) is -0.278. The molecule has 6 heteroatoms. The Morgan fingerprint density at radius 1 is 1.25 bits per heavy atom. The van der Waals surface area contributed by atoms with Gasteiger partial charge in [-0.3, -0.25) is 0 Å². The van der Waals surface area contributed by atoms with Crippen LogP contribution >= 0.6 is 0 Å². The van der Waals surface area contributed by atoms with Crippen molar-refractivity contribution in [1.82, 2.24) is 9.89 Å². The highest BCUT2D eigenvalue weighted by atomic mass is 15.6. The van der Waals surface area contributed by atoms with Crippen molar-refractivity contribution in [2.45, 2.75) is 0 Å². The van der Waals surface area contributed by atoms with Gasteiger partial charge in [-0.05, 0) is 0 Å². The summed E-state index contributed by atoms with van der Waals surface area (Å²) in [6, 6.07) is 0. The van der Waals surface area contributed by atoms with E-state index in [0.717, 1.165) is 5.82 Å². The maximum absolute atomic E-state index is 5.75. The largest absolute Gasteiger partial charge is 0.393 e. The molecule has 0 aliphatic heterocycles. The van der Waals surface area contributed by atoms with E-state index in [0.29, 0.717) is 11.5 Å². The standard InChI is InChI=1S/C6H14N6/c1-8-5-4(7)6(9-2)12(10-3)11-5/h9-10H,7H2,1-3H3,(H,8,11). The summed E-state index contributed by atoms with van der Waals surface area (Å²) in [6.07, 6.45) is 0. The zero-order valence-corrected chi connectivity index (χ0v) is 7.47. The number of aromatic nitrogens is 2. The maximum atomic E-state index is 5.75. The highest BCUT2D eigenvalue weighted by Crippen LogP contribution is 2.24. The van der Waals surface area contributed by atoms with Crippen LogP contribution < -0.4 is 21.8 Å². The molecule has 0 aliphatic rings. The van der Waals surface area contributed by atoms with Crippen molar-refractivity contribution in [3.05, 3.63) is 0 Å². The lowest BCUT2D eigenvalue weighted by atomic mass is 10.5. The van der Waals surface area contributed by atoms with Crippen LogP contribution in [0.25, 0.3) is 0 Å². The fraction of sp³-hybridized carbons (Fsp3) is 0.500. The van der Waals surface area contributed by atoms with Crippen LogP contribution in [0, 0.1) is 0 Å². The maximum Gasteiger partial charge on any atom is 0.175 e. The average molecular weight is 170 g/mol. The summed E-state index contributed by atoms with van der Waals surface area (Å²) in [4.78, 5) is 1.57. The van der Waals surface area contributed by atoms with Crippen LogP contribution in [0.2, 0.25) is 0 Å². The Morgan fingerprint density at radius 3 is 2.25 bits per heavy atom. The molecule has 0 unspecified atom stereocenters. The van der Waals surface area contributed by atoms with Crippen molar-refractivity contribution < 1.29 is 0 Å². The van der Waals surface area contributed by atoms with E-state index in [1.807, 2.05) is 0 Å². The van der Waals surface area contributed by atoms with Crippen molar-refractivity contribution in [1.29, 1.82) is 0 Å². The SMILES string of the molecule is CNc1nn(NC)c(NC)c1N. The van der Waals surface area contributed by atoms with E-state index in [-0.39, 0.29) is 0 Å². The molecule has 0 aliphatic carbocycles. The minimum absolute atomic E-state index is 0.606. The fourth-order valence-corrected chi connectivity index (χ4v) is 1.02. The quantitative estimate of drug-likeness (QED) is 0.502. The van der Waals surface area contributed by atoms with Crippen LogP contribution in [0.3, 0.4) is 0 Å². The third kappa shape index (κ3) is 1.11. The minimum Gasteiger partial charge on any atom is -0.393 e. The number of rotatable bonds is 3. The Labute approximate surface area is 71.1 Å². The molecule has 1 heterocycles. The molecule has 1 aromatic rings. The molecule has 68 valence electrons. The molecular weight excluding hydrogens is 156 g/mol. The van der Waals surface area contributed by atoms with Gasteiger partial charge in [-0.15, -0.1) is 5.10 Å². The second-order valence-electron chi connectivity index (χ2n) is 2.25. The Bertz CT molecular complexity index is 265. The summed E-state index contributed by atoms with van der Waals surface area (Å²) in [5.74, 6) is 1.41. The van der Waals surface area contributed by atoms with Gasteiger partial charge in [0.15, 0.2) is 11.6 Å². The molecule has 0 saturated carbocycles. The van der Waals surface area contributed by atoms with Gasteiger partial charge in [0.1, 0.15) is 5.69 Å². The third-order valence-corrected chi connectivity index (χ3v) is 1.61.